The van der Waals surface area contributed by atoms with Crippen LogP contribution in [0.2, 0.25) is 18.1 Å². The molecule has 4 heterocycles. The molecule has 5 N–H and O–H groups in total. The van der Waals surface area contributed by atoms with Gasteiger partial charge in [-0.2, -0.15) is 10.2 Å². The number of ether oxygens (including phenoxy) is 2. The molecule has 0 spiro atoms. The standard InChI is InChI=1S/C20H35N3O2Si.C14H21N3O2/c1-9-24-18-14-23-16(13-17(18)21)12-15(22-23)10-11-20(5,6)25-26(7,8)19(2,3)4;1-4-19-13-9-17-11(8-12(13)15)7-10(16-17)5-6-14(2,3)18/h12-14H,9-11,21H2,1-8H3;7-9,18H,4-6,15H2,1-3H3. The number of nitrogen functional groups attached to an aromatic ring is 2. The summed E-state index contributed by atoms with van der Waals surface area (Å²) in [5, 5.41) is 19.1. The summed E-state index contributed by atoms with van der Waals surface area (Å²) in [4.78, 5) is 0. The summed E-state index contributed by atoms with van der Waals surface area (Å²) in [7, 11) is -1.79. The third kappa shape index (κ3) is 10.1. The van der Waals surface area contributed by atoms with Crippen LogP contribution in [0.1, 0.15) is 86.5 Å². The van der Waals surface area contributed by atoms with E-state index in [0.717, 1.165) is 41.7 Å². The van der Waals surface area contributed by atoms with E-state index in [1.165, 1.54) is 0 Å². The van der Waals surface area contributed by atoms with Crippen molar-refractivity contribution < 1.29 is 19.0 Å². The minimum Gasteiger partial charge on any atom is -0.490 e. The van der Waals surface area contributed by atoms with Gasteiger partial charge in [0.25, 0.3) is 0 Å². The lowest BCUT2D eigenvalue weighted by molar-refractivity contribution is 0.0711. The first-order valence-electron chi connectivity index (χ1n) is 16.0. The number of aromatic nitrogens is 4. The Morgan fingerprint density at radius 2 is 1.16 bits per heavy atom. The third-order valence-electron chi connectivity index (χ3n) is 8.20. The molecular formula is C34H56N6O4Si. The molecule has 4 rings (SSSR count). The van der Waals surface area contributed by atoms with Crippen molar-refractivity contribution in [3.63, 3.8) is 0 Å². The van der Waals surface area contributed by atoms with Gasteiger partial charge in [-0.1, -0.05) is 20.8 Å². The molecule has 0 atom stereocenters. The zero-order valence-corrected chi connectivity index (χ0v) is 30.3. The molecule has 45 heavy (non-hydrogen) atoms. The lowest BCUT2D eigenvalue weighted by Crippen LogP contribution is -2.47. The summed E-state index contributed by atoms with van der Waals surface area (Å²) in [6.45, 7) is 24.4. The second-order valence-corrected chi connectivity index (χ2v) is 19.2. The van der Waals surface area contributed by atoms with E-state index in [-0.39, 0.29) is 10.6 Å². The van der Waals surface area contributed by atoms with E-state index in [2.05, 4.69) is 64.0 Å². The van der Waals surface area contributed by atoms with Gasteiger partial charge in [0.05, 0.1) is 70.6 Å². The van der Waals surface area contributed by atoms with Gasteiger partial charge in [0.1, 0.15) is 0 Å². The summed E-state index contributed by atoms with van der Waals surface area (Å²) in [6.07, 6.45) is 6.85. The summed E-state index contributed by atoms with van der Waals surface area (Å²) in [6, 6.07) is 7.84. The Hall–Kier alpha value is -3.28. The molecule has 10 nitrogen and oxygen atoms in total. The molecule has 4 aromatic heterocycles. The van der Waals surface area contributed by atoms with Crippen molar-refractivity contribution in [3.8, 4) is 11.5 Å². The largest absolute Gasteiger partial charge is 0.490 e. The van der Waals surface area contributed by atoms with Crippen molar-refractivity contribution in [2.45, 2.75) is 117 Å². The second-order valence-electron chi connectivity index (χ2n) is 14.5. The van der Waals surface area contributed by atoms with Crippen molar-refractivity contribution in [1.82, 2.24) is 19.2 Å². The van der Waals surface area contributed by atoms with Crippen molar-refractivity contribution in [2.24, 2.45) is 0 Å². The molecule has 0 aliphatic heterocycles. The molecule has 0 aliphatic rings. The van der Waals surface area contributed by atoms with Gasteiger partial charge in [-0.15, -0.1) is 0 Å². The number of fused-ring (bicyclic) bond motifs is 2. The van der Waals surface area contributed by atoms with Gasteiger partial charge >= 0.3 is 0 Å². The maximum Gasteiger partial charge on any atom is 0.192 e. The maximum atomic E-state index is 9.74. The molecule has 0 unspecified atom stereocenters. The number of nitrogens with zero attached hydrogens (tertiary/aromatic N) is 4. The number of anilines is 2. The SMILES string of the molecule is CCOc1cn2nc(CCC(C)(C)O)cc2cc1N.CCOc1cn2nc(CCC(C)(C)O[Si](C)(C)C(C)(C)C)cc2cc1N. The average Bonchev–Trinajstić information content (AvgIpc) is 3.48. The van der Waals surface area contributed by atoms with E-state index in [4.69, 9.17) is 25.4 Å². The molecule has 0 aromatic carbocycles. The molecular weight excluding hydrogens is 584 g/mol. The van der Waals surface area contributed by atoms with Gasteiger partial charge in [0.15, 0.2) is 19.8 Å². The second kappa shape index (κ2) is 14.0. The molecule has 0 bridgehead atoms. The predicted molar refractivity (Wildman–Crippen MR) is 187 cm³/mol. The first kappa shape index (κ1) is 36.2. The Kier molecular flexibility index (Phi) is 11.3. The molecule has 11 heteroatoms. The van der Waals surface area contributed by atoms with Crippen LogP contribution in [0.25, 0.3) is 11.0 Å². The zero-order chi connectivity index (χ0) is 33.8. The first-order valence-corrected chi connectivity index (χ1v) is 18.9. The molecule has 0 radical (unpaired) electrons. The van der Waals surface area contributed by atoms with E-state index >= 15 is 0 Å². The van der Waals surface area contributed by atoms with Crippen LogP contribution in [0, 0.1) is 0 Å². The number of pyridine rings is 2. The number of rotatable bonds is 12. The van der Waals surface area contributed by atoms with Gasteiger partial charge in [-0.05, 0) is 110 Å². The van der Waals surface area contributed by atoms with E-state index in [1.807, 2.05) is 42.8 Å². The molecule has 0 amide bonds. The van der Waals surface area contributed by atoms with Crippen LogP contribution in [0.3, 0.4) is 0 Å². The van der Waals surface area contributed by atoms with Crippen LogP contribution in [-0.2, 0) is 17.3 Å². The molecule has 0 saturated heterocycles. The topological polar surface area (TPSA) is 135 Å². The highest BCUT2D eigenvalue weighted by molar-refractivity contribution is 6.74. The Balaban J connectivity index is 0.000000257. The van der Waals surface area contributed by atoms with E-state index in [0.29, 0.717) is 42.5 Å². The highest BCUT2D eigenvalue weighted by atomic mass is 28.4. The van der Waals surface area contributed by atoms with Gasteiger partial charge < -0.3 is 30.5 Å². The van der Waals surface area contributed by atoms with Crippen LogP contribution in [-0.4, -0.2) is 57.1 Å². The Labute approximate surface area is 270 Å². The van der Waals surface area contributed by atoms with Gasteiger partial charge in [0.2, 0.25) is 0 Å². The smallest absolute Gasteiger partial charge is 0.192 e. The Morgan fingerprint density at radius 1 is 0.733 bits per heavy atom. The fraction of sp³-hybridized carbons (Fsp3) is 0.588. The normalized spacial score (nSPS) is 12.8. The van der Waals surface area contributed by atoms with Crippen LogP contribution in [0.15, 0.2) is 36.7 Å². The van der Waals surface area contributed by atoms with Crippen LogP contribution >= 0.6 is 0 Å². The fourth-order valence-corrected chi connectivity index (χ4v) is 6.52. The van der Waals surface area contributed by atoms with Crippen LogP contribution in [0.5, 0.6) is 11.5 Å². The fourth-order valence-electron chi connectivity index (χ4n) is 4.73. The number of aryl methyl sites for hydroxylation is 2. The first-order chi connectivity index (χ1) is 20.7. The quantitative estimate of drug-likeness (QED) is 0.140. The van der Waals surface area contributed by atoms with Crippen molar-refractivity contribution in [3.05, 3.63) is 48.0 Å². The van der Waals surface area contributed by atoms with E-state index < -0.39 is 13.9 Å². The molecule has 0 saturated carbocycles. The summed E-state index contributed by atoms with van der Waals surface area (Å²) in [5.41, 5.74) is 16.3. The molecule has 4 aromatic rings. The zero-order valence-electron chi connectivity index (χ0n) is 29.3. The number of nitrogens with two attached hydrogens (primary N) is 2. The number of hydrogen-bond acceptors (Lipinski definition) is 8. The van der Waals surface area contributed by atoms with E-state index in [9.17, 15) is 5.11 Å². The Bertz CT molecular complexity index is 1560. The molecule has 250 valence electrons. The highest BCUT2D eigenvalue weighted by Gasteiger charge is 2.41. The van der Waals surface area contributed by atoms with Gasteiger partial charge in [0, 0.05) is 0 Å². The third-order valence-corrected chi connectivity index (χ3v) is 12.9. The van der Waals surface area contributed by atoms with Crippen molar-refractivity contribution >= 4 is 30.7 Å². The van der Waals surface area contributed by atoms with Crippen LogP contribution < -0.4 is 20.9 Å². The van der Waals surface area contributed by atoms with Crippen LogP contribution in [0.4, 0.5) is 11.4 Å². The summed E-state index contributed by atoms with van der Waals surface area (Å²) in [5.74, 6) is 1.32. The highest BCUT2D eigenvalue weighted by Crippen LogP contribution is 2.40. The lowest BCUT2D eigenvalue weighted by atomic mass is 10.0. The Morgan fingerprint density at radius 3 is 1.53 bits per heavy atom. The van der Waals surface area contributed by atoms with Gasteiger partial charge in [-0.3, -0.25) is 0 Å². The monoisotopic (exact) mass is 640 g/mol. The molecule has 0 aliphatic carbocycles. The van der Waals surface area contributed by atoms with Gasteiger partial charge in [-0.25, -0.2) is 9.03 Å². The van der Waals surface area contributed by atoms with Crippen molar-refractivity contribution in [1.29, 1.82) is 0 Å². The average molecular weight is 641 g/mol. The minimum atomic E-state index is -1.79. The number of hydrogen-bond donors (Lipinski definition) is 3. The lowest BCUT2D eigenvalue weighted by Gasteiger charge is -2.42. The predicted octanol–water partition coefficient (Wildman–Crippen LogP) is 7.07. The van der Waals surface area contributed by atoms with Crippen molar-refractivity contribution in [2.75, 3.05) is 24.7 Å². The van der Waals surface area contributed by atoms with E-state index in [1.54, 1.807) is 24.6 Å². The molecule has 0 fully saturated rings. The summed E-state index contributed by atoms with van der Waals surface area (Å²) < 4.78 is 21.2. The minimum absolute atomic E-state index is 0.172. The number of aliphatic hydroxyl groups is 1. The maximum absolute atomic E-state index is 9.74. The summed E-state index contributed by atoms with van der Waals surface area (Å²) >= 11 is 0.